The van der Waals surface area contributed by atoms with Gasteiger partial charge >= 0.3 is 0 Å². The lowest BCUT2D eigenvalue weighted by molar-refractivity contribution is 0.627. The minimum absolute atomic E-state index is 0.588. The first-order valence-corrected chi connectivity index (χ1v) is 3.21. The molecule has 0 spiro atoms. The van der Waals surface area contributed by atoms with Gasteiger partial charge in [0, 0.05) is 12.1 Å². The topological polar surface area (TPSA) is 12.0 Å². The lowest BCUT2D eigenvalue weighted by Gasteiger charge is -2.03. The van der Waals surface area contributed by atoms with Crippen molar-refractivity contribution in [1.82, 2.24) is 5.32 Å². The van der Waals surface area contributed by atoms with Gasteiger partial charge in [0.2, 0.25) is 0 Å². The summed E-state index contributed by atoms with van der Waals surface area (Å²) in [6.07, 6.45) is 4.56. The molecule has 0 radical (unpaired) electrons. The van der Waals surface area contributed by atoms with Crippen molar-refractivity contribution in [2.24, 2.45) is 0 Å². The molecule has 2 atom stereocenters. The molecule has 1 aliphatic heterocycles. The van der Waals surface area contributed by atoms with Crippen LogP contribution in [0.2, 0.25) is 0 Å². The summed E-state index contributed by atoms with van der Waals surface area (Å²) in [5.74, 6) is 0. The summed E-state index contributed by atoms with van der Waals surface area (Å²) >= 11 is 0. The van der Waals surface area contributed by atoms with E-state index in [0.29, 0.717) is 12.1 Å². The normalized spacial score (nSPS) is 37.6. The minimum Gasteiger partial charge on any atom is -0.308 e. The Hall–Kier alpha value is -0.300. The minimum atomic E-state index is 0.588. The highest BCUT2D eigenvalue weighted by Crippen LogP contribution is 2.11. The molecule has 0 aromatic rings. The highest BCUT2D eigenvalue weighted by Gasteiger charge is 2.15. The lowest BCUT2D eigenvalue weighted by Crippen LogP contribution is -2.24. The van der Waals surface area contributed by atoms with Gasteiger partial charge in [0.1, 0.15) is 0 Å². The van der Waals surface area contributed by atoms with Gasteiger partial charge in [0.25, 0.3) is 0 Å². The summed E-state index contributed by atoms with van der Waals surface area (Å²) in [6.45, 7) is 5.93. The second-order valence-corrected chi connectivity index (χ2v) is 2.49. The van der Waals surface area contributed by atoms with Crippen LogP contribution in [0, 0.1) is 0 Å². The van der Waals surface area contributed by atoms with Crippen molar-refractivity contribution in [2.45, 2.75) is 31.8 Å². The van der Waals surface area contributed by atoms with Gasteiger partial charge in [-0.3, -0.25) is 0 Å². The summed E-state index contributed by atoms with van der Waals surface area (Å²) in [6, 6.07) is 1.29. The highest BCUT2D eigenvalue weighted by molar-refractivity contribution is 4.92. The molecule has 0 aromatic heterocycles. The van der Waals surface area contributed by atoms with Crippen LogP contribution in [0.1, 0.15) is 19.8 Å². The van der Waals surface area contributed by atoms with Crippen molar-refractivity contribution in [2.75, 3.05) is 0 Å². The monoisotopic (exact) mass is 111 g/mol. The molecule has 1 N–H and O–H groups in total. The Balaban J connectivity index is 2.32. The molecular formula is C7H13N. The highest BCUT2D eigenvalue weighted by atomic mass is 15.0. The summed E-state index contributed by atoms with van der Waals surface area (Å²) < 4.78 is 0. The van der Waals surface area contributed by atoms with E-state index in [2.05, 4.69) is 18.8 Å². The zero-order valence-corrected chi connectivity index (χ0v) is 5.35. The van der Waals surface area contributed by atoms with Gasteiger partial charge in [-0.1, -0.05) is 6.08 Å². The van der Waals surface area contributed by atoms with E-state index in [1.165, 1.54) is 12.8 Å². The van der Waals surface area contributed by atoms with Crippen LogP contribution in [0.5, 0.6) is 0 Å². The van der Waals surface area contributed by atoms with Crippen molar-refractivity contribution < 1.29 is 0 Å². The molecule has 1 rings (SSSR count). The molecule has 1 nitrogen and oxygen atoms in total. The molecule has 1 unspecified atom stereocenters. The fourth-order valence-electron chi connectivity index (χ4n) is 1.15. The Morgan fingerprint density at radius 2 is 2.38 bits per heavy atom. The Morgan fingerprint density at radius 3 is 2.62 bits per heavy atom. The second-order valence-electron chi connectivity index (χ2n) is 2.49. The maximum atomic E-state index is 3.71. The van der Waals surface area contributed by atoms with Crippen molar-refractivity contribution in [1.29, 1.82) is 0 Å². The summed E-state index contributed by atoms with van der Waals surface area (Å²) in [4.78, 5) is 0. The number of nitrogens with one attached hydrogen (secondary N) is 1. The Morgan fingerprint density at radius 1 is 1.62 bits per heavy atom. The van der Waals surface area contributed by atoms with Gasteiger partial charge in [-0.2, -0.15) is 0 Å². The fraction of sp³-hybridized carbons (Fsp3) is 0.714. The first kappa shape index (κ1) is 5.83. The molecule has 0 amide bonds. The Kier molecular flexibility index (Phi) is 1.69. The number of hydrogen-bond acceptors (Lipinski definition) is 1. The zero-order chi connectivity index (χ0) is 5.98. The van der Waals surface area contributed by atoms with Crippen molar-refractivity contribution in [3.05, 3.63) is 12.7 Å². The predicted octanol–water partition coefficient (Wildman–Crippen LogP) is 1.31. The second kappa shape index (κ2) is 2.31. The fourth-order valence-corrected chi connectivity index (χ4v) is 1.15. The van der Waals surface area contributed by atoms with Crippen LogP contribution in [0.4, 0.5) is 0 Å². The summed E-state index contributed by atoms with van der Waals surface area (Å²) in [7, 11) is 0. The van der Waals surface area contributed by atoms with Gasteiger partial charge in [0.05, 0.1) is 0 Å². The third-order valence-electron chi connectivity index (χ3n) is 1.69. The molecule has 1 saturated heterocycles. The van der Waals surface area contributed by atoms with Gasteiger partial charge in [-0.15, -0.1) is 6.58 Å². The van der Waals surface area contributed by atoms with Gasteiger partial charge in [-0.05, 0) is 19.8 Å². The van der Waals surface area contributed by atoms with Crippen molar-refractivity contribution in [3.8, 4) is 0 Å². The van der Waals surface area contributed by atoms with E-state index in [1.54, 1.807) is 0 Å². The Labute approximate surface area is 50.8 Å². The maximum absolute atomic E-state index is 3.71. The molecular weight excluding hydrogens is 98.1 g/mol. The number of hydrogen-bond donors (Lipinski definition) is 1. The number of rotatable bonds is 1. The van der Waals surface area contributed by atoms with E-state index in [1.807, 2.05) is 6.08 Å². The van der Waals surface area contributed by atoms with Crippen LogP contribution < -0.4 is 5.32 Å². The summed E-state index contributed by atoms with van der Waals surface area (Å²) in [5, 5.41) is 3.39. The molecule has 8 heavy (non-hydrogen) atoms. The molecule has 0 saturated carbocycles. The van der Waals surface area contributed by atoms with Crippen LogP contribution >= 0.6 is 0 Å². The summed E-state index contributed by atoms with van der Waals surface area (Å²) in [5.41, 5.74) is 0. The first-order valence-electron chi connectivity index (χ1n) is 3.21. The van der Waals surface area contributed by atoms with Gasteiger partial charge in [-0.25, -0.2) is 0 Å². The maximum Gasteiger partial charge on any atom is 0.0250 e. The molecule has 46 valence electrons. The smallest absolute Gasteiger partial charge is 0.0250 e. The van der Waals surface area contributed by atoms with Crippen molar-refractivity contribution in [3.63, 3.8) is 0 Å². The zero-order valence-electron chi connectivity index (χ0n) is 5.35. The van der Waals surface area contributed by atoms with E-state index >= 15 is 0 Å². The lowest BCUT2D eigenvalue weighted by atomic mass is 10.2. The Bertz CT molecular complexity index is 88.4. The third kappa shape index (κ3) is 1.10. The van der Waals surface area contributed by atoms with Crippen LogP contribution in [-0.4, -0.2) is 12.1 Å². The largest absolute Gasteiger partial charge is 0.308 e. The van der Waals surface area contributed by atoms with Gasteiger partial charge in [0.15, 0.2) is 0 Å². The van der Waals surface area contributed by atoms with E-state index in [4.69, 9.17) is 0 Å². The van der Waals surface area contributed by atoms with Crippen LogP contribution in [0.15, 0.2) is 12.7 Å². The molecule has 0 aromatic carbocycles. The molecule has 1 aliphatic rings. The van der Waals surface area contributed by atoms with E-state index in [9.17, 15) is 0 Å². The van der Waals surface area contributed by atoms with Gasteiger partial charge < -0.3 is 5.32 Å². The van der Waals surface area contributed by atoms with E-state index < -0.39 is 0 Å². The van der Waals surface area contributed by atoms with E-state index in [-0.39, 0.29) is 0 Å². The molecule has 1 fully saturated rings. The standard InChI is InChI=1S/C7H13N/c1-3-7-5-4-6(2)8-7/h3,6-8H,1,4-5H2,2H3/t6-,7?/m1/s1. The molecule has 1 heteroatoms. The van der Waals surface area contributed by atoms with Crippen LogP contribution in [-0.2, 0) is 0 Å². The van der Waals surface area contributed by atoms with Crippen molar-refractivity contribution >= 4 is 0 Å². The molecule has 0 aliphatic carbocycles. The van der Waals surface area contributed by atoms with Crippen LogP contribution in [0.3, 0.4) is 0 Å². The third-order valence-corrected chi connectivity index (χ3v) is 1.69. The first-order chi connectivity index (χ1) is 3.83. The average molecular weight is 111 g/mol. The SMILES string of the molecule is C=CC1CC[C@@H](C)N1. The quantitative estimate of drug-likeness (QED) is 0.503. The van der Waals surface area contributed by atoms with Crippen LogP contribution in [0.25, 0.3) is 0 Å². The molecule has 1 heterocycles. The molecule has 0 bridgehead atoms. The predicted molar refractivity (Wildman–Crippen MR) is 35.8 cm³/mol. The average Bonchev–Trinajstić information content (AvgIpc) is 2.14. The van der Waals surface area contributed by atoms with E-state index in [0.717, 1.165) is 0 Å².